The van der Waals surface area contributed by atoms with Gasteiger partial charge < -0.3 is 5.32 Å². The third-order valence-electron chi connectivity index (χ3n) is 3.06. The van der Waals surface area contributed by atoms with Crippen molar-refractivity contribution in [1.82, 2.24) is 9.97 Å². The number of nitrogens with zero attached hydrogens (tertiary/aromatic N) is 2. The van der Waals surface area contributed by atoms with E-state index in [1.165, 1.54) is 18.6 Å². The number of carbonyl (C=O) groups excluding carboxylic acids is 1. The topological polar surface area (TPSA) is 54.9 Å². The maximum Gasteiger partial charge on any atom is 0.156 e. The number of thioether (sulfide) groups is 1. The average molecular weight is 286 g/mol. The fraction of sp³-hybridized carbons (Fsp3) is 0.583. The van der Waals surface area contributed by atoms with Crippen molar-refractivity contribution in [2.24, 2.45) is 0 Å². The summed E-state index contributed by atoms with van der Waals surface area (Å²) in [4.78, 5) is 19.3. The van der Waals surface area contributed by atoms with E-state index in [4.69, 9.17) is 11.6 Å². The van der Waals surface area contributed by atoms with Crippen LogP contribution in [0.3, 0.4) is 0 Å². The lowest BCUT2D eigenvalue weighted by Gasteiger charge is -2.23. The predicted molar refractivity (Wildman–Crippen MR) is 75.8 cm³/mol. The first-order valence-corrected chi connectivity index (χ1v) is 7.27. The molecule has 6 heteroatoms. The Morgan fingerprint density at radius 3 is 2.94 bits per heavy atom. The second-order valence-corrected chi connectivity index (χ2v) is 6.74. The van der Waals surface area contributed by atoms with Crippen LogP contribution < -0.4 is 5.32 Å². The molecule has 0 spiro atoms. The highest BCUT2D eigenvalue weighted by Crippen LogP contribution is 2.37. The zero-order valence-corrected chi connectivity index (χ0v) is 12.1. The Kier molecular flexibility index (Phi) is 4.12. The number of hydrogen-bond acceptors (Lipinski definition) is 5. The summed E-state index contributed by atoms with van der Waals surface area (Å²) in [6.45, 7) is 4.77. The van der Waals surface area contributed by atoms with Crippen molar-refractivity contribution < 1.29 is 4.79 Å². The summed E-state index contributed by atoms with van der Waals surface area (Å²) >= 11 is 7.90. The Morgan fingerprint density at radius 2 is 2.33 bits per heavy atom. The van der Waals surface area contributed by atoms with Crippen LogP contribution >= 0.6 is 23.4 Å². The van der Waals surface area contributed by atoms with E-state index in [0.717, 1.165) is 6.54 Å². The lowest BCUT2D eigenvalue weighted by atomic mass is 10.1. The predicted octanol–water partition coefficient (Wildman–Crippen LogP) is 2.95. The fourth-order valence-electron chi connectivity index (χ4n) is 2.03. The summed E-state index contributed by atoms with van der Waals surface area (Å²) in [6, 6.07) is 0. The van der Waals surface area contributed by atoms with E-state index in [2.05, 4.69) is 22.2 Å². The first-order valence-electron chi connectivity index (χ1n) is 5.91. The van der Waals surface area contributed by atoms with Gasteiger partial charge in [0.1, 0.15) is 16.8 Å². The molecule has 0 amide bonds. The van der Waals surface area contributed by atoms with Gasteiger partial charge in [-0.15, -0.1) is 0 Å². The SMILES string of the molecule is Cc1nc(Cl)c(C=O)c(NCC2(C)CCCS2)n1. The van der Waals surface area contributed by atoms with Crippen LogP contribution in [0, 0.1) is 6.92 Å². The first-order chi connectivity index (χ1) is 8.54. The summed E-state index contributed by atoms with van der Waals surface area (Å²) in [5.41, 5.74) is 0.342. The van der Waals surface area contributed by atoms with Crippen LogP contribution in [0.1, 0.15) is 35.9 Å². The molecule has 0 aromatic carbocycles. The molecule has 1 fully saturated rings. The minimum absolute atomic E-state index is 0.212. The Bertz CT molecular complexity index is 461. The fourth-order valence-corrected chi connectivity index (χ4v) is 3.53. The van der Waals surface area contributed by atoms with Crippen LogP contribution in [-0.4, -0.2) is 33.3 Å². The van der Waals surface area contributed by atoms with Crippen molar-refractivity contribution >= 4 is 35.5 Å². The molecule has 0 aliphatic carbocycles. The summed E-state index contributed by atoms with van der Waals surface area (Å²) in [6.07, 6.45) is 3.13. The Balaban J connectivity index is 2.15. The van der Waals surface area contributed by atoms with E-state index < -0.39 is 0 Å². The van der Waals surface area contributed by atoms with Crippen molar-refractivity contribution in [2.75, 3.05) is 17.6 Å². The minimum Gasteiger partial charge on any atom is -0.368 e. The molecule has 2 heterocycles. The summed E-state index contributed by atoms with van der Waals surface area (Å²) < 4.78 is 0.214. The molecule has 2 rings (SSSR count). The van der Waals surface area contributed by atoms with E-state index in [1.54, 1.807) is 6.92 Å². The van der Waals surface area contributed by atoms with Gasteiger partial charge in [0.25, 0.3) is 0 Å². The van der Waals surface area contributed by atoms with E-state index in [0.29, 0.717) is 23.5 Å². The van der Waals surface area contributed by atoms with Gasteiger partial charge in [-0.3, -0.25) is 4.79 Å². The van der Waals surface area contributed by atoms with Crippen molar-refractivity contribution in [1.29, 1.82) is 0 Å². The van der Waals surface area contributed by atoms with E-state index in [9.17, 15) is 4.79 Å². The maximum absolute atomic E-state index is 11.0. The lowest BCUT2D eigenvalue weighted by molar-refractivity contribution is 0.112. The molecule has 1 unspecified atom stereocenters. The van der Waals surface area contributed by atoms with Gasteiger partial charge in [-0.25, -0.2) is 9.97 Å². The standard InChI is InChI=1S/C12H16ClN3OS/c1-8-15-10(13)9(6-17)11(16-8)14-7-12(2)4-3-5-18-12/h6H,3-5,7H2,1-2H3,(H,14,15,16). The van der Waals surface area contributed by atoms with Crippen LogP contribution in [0.25, 0.3) is 0 Å². The maximum atomic E-state index is 11.0. The number of aldehydes is 1. The zero-order chi connectivity index (χ0) is 13.2. The highest BCUT2D eigenvalue weighted by Gasteiger charge is 2.29. The van der Waals surface area contributed by atoms with Gasteiger partial charge >= 0.3 is 0 Å². The van der Waals surface area contributed by atoms with Gasteiger partial charge in [-0.05, 0) is 32.4 Å². The highest BCUT2D eigenvalue weighted by atomic mass is 35.5. The molecule has 4 nitrogen and oxygen atoms in total. The minimum atomic E-state index is 0.212. The zero-order valence-electron chi connectivity index (χ0n) is 10.5. The molecule has 1 atom stereocenters. The average Bonchev–Trinajstić information content (AvgIpc) is 2.73. The Morgan fingerprint density at radius 1 is 1.56 bits per heavy atom. The number of rotatable bonds is 4. The molecule has 0 saturated carbocycles. The molecule has 18 heavy (non-hydrogen) atoms. The lowest BCUT2D eigenvalue weighted by Crippen LogP contribution is -2.28. The number of hydrogen-bond donors (Lipinski definition) is 1. The highest BCUT2D eigenvalue weighted by molar-refractivity contribution is 8.00. The van der Waals surface area contributed by atoms with Gasteiger partial charge in [-0.2, -0.15) is 11.8 Å². The smallest absolute Gasteiger partial charge is 0.156 e. The molecule has 1 saturated heterocycles. The summed E-state index contributed by atoms with van der Waals surface area (Å²) in [7, 11) is 0. The van der Waals surface area contributed by atoms with E-state index >= 15 is 0 Å². The quantitative estimate of drug-likeness (QED) is 0.681. The molecule has 1 N–H and O–H groups in total. The van der Waals surface area contributed by atoms with Crippen LogP contribution in [0.15, 0.2) is 0 Å². The number of aromatic nitrogens is 2. The molecule has 98 valence electrons. The molecule has 0 radical (unpaired) electrons. The van der Waals surface area contributed by atoms with Crippen molar-refractivity contribution in [3.8, 4) is 0 Å². The van der Waals surface area contributed by atoms with Crippen molar-refractivity contribution in [3.63, 3.8) is 0 Å². The summed E-state index contributed by atoms with van der Waals surface area (Å²) in [5, 5.41) is 3.45. The molecular weight excluding hydrogens is 270 g/mol. The Labute approximate surface area is 116 Å². The second-order valence-electron chi connectivity index (χ2n) is 4.70. The van der Waals surface area contributed by atoms with E-state index in [-0.39, 0.29) is 9.90 Å². The van der Waals surface area contributed by atoms with Gasteiger partial charge in [0.05, 0.1) is 5.56 Å². The van der Waals surface area contributed by atoms with Gasteiger partial charge in [-0.1, -0.05) is 11.6 Å². The molecule has 1 aliphatic heterocycles. The number of nitrogens with one attached hydrogen (secondary N) is 1. The summed E-state index contributed by atoms with van der Waals surface area (Å²) in [5.74, 6) is 2.30. The molecule has 0 bridgehead atoms. The number of anilines is 1. The number of halogens is 1. The third-order valence-corrected chi connectivity index (χ3v) is 4.89. The molecule has 1 aliphatic rings. The number of carbonyl (C=O) groups is 1. The first kappa shape index (κ1) is 13.6. The van der Waals surface area contributed by atoms with Crippen LogP contribution in [-0.2, 0) is 0 Å². The number of aryl methyl sites for hydroxylation is 1. The van der Waals surface area contributed by atoms with Crippen LogP contribution in [0.5, 0.6) is 0 Å². The Hall–Kier alpha value is -0.810. The second kappa shape index (κ2) is 5.45. The van der Waals surface area contributed by atoms with Gasteiger partial charge in [0.2, 0.25) is 0 Å². The molecule has 1 aromatic heterocycles. The van der Waals surface area contributed by atoms with Gasteiger partial charge in [0, 0.05) is 11.3 Å². The third kappa shape index (κ3) is 2.95. The molecule has 1 aromatic rings. The molecular formula is C12H16ClN3OS. The normalized spacial score (nSPS) is 23.1. The van der Waals surface area contributed by atoms with Crippen molar-refractivity contribution in [3.05, 3.63) is 16.5 Å². The van der Waals surface area contributed by atoms with Crippen LogP contribution in [0.4, 0.5) is 5.82 Å². The van der Waals surface area contributed by atoms with Gasteiger partial charge in [0.15, 0.2) is 6.29 Å². The van der Waals surface area contributed by atoms with Crippen LogP contribution in [0.2, 0.25) is 5.15 Å². The largest absolute Gasteiger partial charge is 0.368 e. The monoisotopic (exact) mass is 285 g/mol. The van der Waals surface area contributed by atoms with E-state index in [1.807, 2.05) is 11.8 Å². The van der Waals surface area contributed by atoms with Crippen molar-refractivity contribution in [2.45, 2.75) is 31.4 Å².